The van der Waals surface area contributed by atoms with Gasteiger partial charge in [0, 0.05) is 12.1 Å². The normalized spacial score (nSPS) is 34.4. The first-order valence-corrected chi connectivity index (χ1v) is 6.40. The first-order chi connectivity index (χ1) is 8.00. The van der Waals surface area contributed by atoms with E-state index in [1.807, 2.05) is 13.8 Å². The van der Waals surface area contributed by atoms with E-state index in [1.165, 1.54) is 4.90 Å². The van der Waals surface area contributed by atoms with Crippen LogP contribution in [0.15, 0.2) is 0 Å². The molecule has 2 fully saturated rings. The summed E-state index contributed by atoms with van der Waals surface area (Å²) in [6, 6.07) is -0.300. The van der Waals surface area contributed by atoms with Gasteiger partial charge in [0.15, 0.2) is 0 Å². The molecule has 1 aliphatic heterocycles. The molecule has 2 rings (SSSR count). The molecule has 96 valence electrons. The number of imide groups is 1. The van der Waals surface area contributed by atoms with Crippen LogP contribution < -0.4 is 11.1 Å². The van der Waals surface area contributed by atoms with Crippen LogP contribution in [0.3, 0.4) is 0 Å². The van der Waals surface area contributed by atoms with E-state index in [0.717, 1.165) is 25.7 Å². The molecule has 1 unspecified atom stereocenters. The number of carbonyl (C=O) groups is 2. The van der Waals surface area contributed by atoms with Gasteiger partial charge in [0.05, 0.1) is 0 Å². The Labute approximate surface area is 102 Å². The number of rotatable bonds is 2. The first kappa shape index (κ1) is 12.4. The molecule has 1 saturated carbocycles. The van der Waals surface area contributed by atoms with Crippen molar-refractivity contribution in [2.24, 2.45) is 11.7 Å². The molecular weight excluding hydrogens is 218 g/mol. The SMILES string of the molecule is CC(C)C1NC(=O)N(C2CCC(N)CC2)C1=O. The van der Waals surface area contributed by atoms with Gasteiger partial charge in [-0.05, 0) is 31.6 Å². The maximum absolute atomic E-state index is 12.1. The summed E-state index contributed by atoms with van der Waals surface area (Å²) >= 11 is 0. The monoisotopic (exact) mass is 239 g/mol. The van der Waals surface area contributed by atoms with Crippen LogP contribution in [-0.4, -0.2) is 35.0 Å². The lowest BCUT2D eigenvalue weighted by atomic mass is 9.90. The van der Waals surface area contributed by atoms with Crippen molar-refractivity contribution in [2.45, 2.75) is 57.7 Å². The molecular formula is C12H21N3O2. The molecule has 1 atom stereocenters. The highest BCUT2D eigenvalue weighted by molar-refractivity contribution is 6.04. The predicted octanol–water partition coefficient (Wildman–Crippen LogP) is 0.833. The maximum atomic E-state index is 12.1. The Morgan fingerprint density at radius 2 is 1.82 bits per heavy atom. The summed E-state index contributed by atoms with van der Waals surface area (Å²) in [4.78, 5) is 25.4. The number of hydrogen-bond donors (Lipinski definition) is 2. The lowest BCUT2D eigenvalue weighted by molar-refractivity contribution is -0.130. The van der Waals surface area contributed by atoms with Crippen LogP contribution in [0, 0.1) is 5.92 Å². The zero-order chi connectivity index (χ0) is 12.6. The van der Waals surface area contributed by atoms with Crippen molar-refractivity contribution in [3.63, 3.8) is 0 Å². The minimum Gasteiger partial charge on any atom is -0.328 e. The topological polar surface area (TPSA) is 75.4 Å². The van der Waals surface area contributed by atoms with Crippen molar-refractivity contribution in [3.05, 3.63) is 0 Å². The third-order valence-electron chi connectivity index (χ3n) is 3.77. The van der Waals surface area contributed by atoms with Gasteiger partial charge in [0.1, 0.15) is 6.04 Å². The minimum absolute atomic E-state index is 0.0473. The van der Waals surface area contributed by atoms with E-state index in [9.17, 15) is 9.59 Å². The smallest absolute Gasteiger partial charge is 0.325 e. The number of urea groups is 1. The average molecular weight is 239 g/mol. The van der Waals surface area contributed by atoms with E-state index in [-0.39, 0.29) is 36.0 Å². The first-order valence-electron chi connectivity index (χ1n) is 6.40. The van der Waals surface area contributed by atoms with Gasteiger partial charge >= 0.3 is 6.03 Å². The van der Waals surface area contributed by atoms with Gasteiger partial charge in [-0.3, -0.25) is 9.69 Å². The second-order valence-electron chi connectivity index (χ2n) is 5.45. The summed E-state index contributed by atoms with van der Waals surface area (Å²) in [6.07, 6.45) is 3.47. The molecule has 1 heterocycles. The second-order valence-corrected chi connectivity index (χ2v) is 5.45. The van der Waals surface area contributed by atoms with E-state index in [0.29, 0.717) is 0 Å². The Balaban J connectivity index is 2.06. The predicted molar refractivity (Wildman–Crippen MR) is 64.2 cm³/mol. The van der Waals surface area contributed by atoms with Gasteiger partial charge < -0.3 is 11.1 Å². The summed E-state index contributed by atoms with van der Waals surface area (Å²) in [6.45, 7) is 3.90. The molecule has 0 aromatic heterocycles. The fraction of sp³-hybridized carbons (Fsp3) is 0.833. The lowest BCUT2D eigenvalue weighted by Crippen LogP contribution is -2.45. The summed E-state index contributed by atoms with van der Waals surface area (Å²) in [7, 11) is 0. The Bertz CT molecular complexity index is 322. The van der Waals surface area contributed by atoms with Gasteiger partial charge in [0.25, 0.3) is 5.91 Å². The lowest BCUT2D eigenvalue weighted by Gasteiger charge is -2.31. The number of nitrogens with zero attached hydrogens (tertiary/aromatic N) is 1. The number of hydrogen-bond acceptors (Lipinski definition) is 3. The molecule has 3 N–H and O–H groups in total. The van der Waals surface area contributed by atoms with E-state index < -0.39 is 0 Å². The summed E-state index contributed by atoms with van der Waals surface area (Å²) in [5, 5.41) is 2.77. The molecule has 5 heteroatoms. The number of carbonyl (C=O) groups excluding carboxylic acids is 2. The van der Waals surface area contributed by atoms with E-state index in [4.69, 9.17) is 5.73 Å². The van der Waals surface area contributed by atoms with Gasteiger partial charge in [0.2, 0.25) is 0 Å². The molecule has 0 radical (unpaired) electrons. The van der Waals surface area contributed by atoms with Crippen LogP contribution in [0.25, 0.3) is 0 Å². The van der Waals surface area contributed by atoms with Crippen LogP contribution in [0.2, 0.25) is 0 Å². The molecule has 0 spiro atoms. The second kappa shape index (κ2) is 4.64. The Hall–Kier alpha value is -1.10. The van der Waals surface area contributed by atoms with Gasteiger partial charge in [-0.25, -0.2) is 4.79 Å². The molecule has 0 aromatic rings. The number of nitrogens with two attached hydrogens (primary N) is 1. The zero-order valence-electron chi connectivity index (χ0n) is 10.5. The van der Waals surface area contributed by atoms with Crippen molar-refractivity contribution < 1.29 is 9.59 Å². The van der Waals surface area contributed by atoms with Gasteiger partial charge in [-0.15, -0.1) is 0 Å². The third kappa shape index (κ3) is 2.29. The molecule has 3 amide bonds. The molecule has 0 aromatic carbocycles. The highest BCUT2D eigenvalue weighted by atomic mass is 16.2. The largest absolute Gasteiger partial charge is 0.328 e. The Morgan fingerprint density at radius 1 is 1.24 bits per heavy atom. The van der Waals surface area contributed by atoms with Crippen LogP contribution in [0.1, 0.15) is 39.5 Å². The zero-order valence-corrected chi connectivity index (χ0v) is 10.5. The number of nitrogens with one attached hydrogen (secondary N) is 1. The van der Waals surface area contributed by atoms with Gasteiger partial charge in [-0.1, -0.05) is 13.8 Å². The highest BCUT2D eigenvalue weighted by Crippen LogP contribution is 2.26. The van der Waals surface area contributed by atoms with Crippen LogP contribution >= 0.6 is 0 Å². The highest BCUT2D eigenvalue weighted by Gasteiger charge is 2.43. The fourth-order valence-electron chi connectivity index (χ4n) is 2.67. The van der Waals surface area contributed by atoms with Crippen molar-refractivity contribution in [3.8, 4) is 0 Å². The third-order valence-corrected chi connectivity index (χ3v) is 3.77. The van der Waals surface area contributed by atoms with Crippen LogP contribution in [0.5, 0.6) is 0 Å². The molecule has 1 saturated heterocycles. The molecule has 5 nitrogen and oxygen atoms in total. The van der Waals surface area contributed by atoms with Crippen molar-refractivity contribution in [2.75, 3.05) is 0 Å². The standard InChI is InChI=1S/C12H21N3O2/c1-7(2)10-11(16)15(12(17)14-10)9-5-3-8(13)4-6-9/h7-10H,3-6,13H2,1-2H3,(H,14,17). The quantitative estimate of drug-likeness (QED) is 0.701. The van der Waals surface area contributed by atoms with Crippen LogP contribution in [0.4, 0.5) is 4.79 Å². The van der Waals surface area contributed by atoms with Crippen molar-refractivity contribution in [1.82, 2.24) is 10.2 Å². The minimum atomic E-state index is -0.349. The van der Waals surface area contributed by atoms with E-state index >= 15 is 0 Å². The fourth-order valence-corrected chi connectivity index (χ4v) is 2.67. The molecule has 0 bridgehead atoms. The molecule has 2 aliphatic rings. The van der Waals surface area contributed by atoms with E-state index in [1.54, 1.807) is 0 Å². The maximum Gasteiger partial charge on any atom is 0.325 e. The van der Waals surface area contributed by atoms with E-state index in [2.05, 4.69) is 5.32 Å². The molecule has 1 aliphatic carbocycles. The van der Waals surface area contributed by atoms with Gasteiger partial charge in [-0.2, -0.15) is 0 Å². The number of amides is 3. The van der Waals surface area contributed by atoms with Crippen molar-refractivity contribution in [1.29, 1.82) is 0 Å². The summed E-state index contributed by atoms with van der Waals surface area (Å²) in [5.41, 5.74) is 5.84. The molecule has 17 heavy (non-hydrogen) atoms. The summed E-state index contributed by atoms with van der Waals surface area (Å²) in [5.74, 6) is 0.0766. The Morgan fingerprint density at radius 3 is 2.29 bits per heavy atom. The Kier molecular flexibility index (Phi) is 3.38. The van der Waals surface area contributed by atoms with Crippen molar-refractivity contribution >= 4 is 11.9 Å². The van der Waals surface area contributed by atoms with Crippen LogP contribution in [-0.2, 0) is 4.79 Å². The average Bonchev–Trinajstić information content (AvgIpc) is 2.56. The summed E-state index contributed by atoms with van der Waals surface area (Å²) < 4.78 is 0.